The Balaban J connectivity index is 1.12. The maximum absolute atomic E-state index is 2.74. The van der Waals surface area contributed by atoms with Crippen LogP contribution in [0.25, 0.3) is 66.1 Å². The van der Waals surface area contributed by atoms with Crippen molar-refractivity contribution in [2.75, 3.05) is 14.7 Å². The predicted octanol–water partition coefficient (Wildman–Crippen LogP) is 30.1. The van der Waals surface area contributed by atoms with Crippen molar-refractivity contribution >= 4 is 118 Å². The molecule has 0 N–H and O–H groups in total. The average molecular weight is 1560 g/mol. The van der Waals surface area contributed by atoms with E-state index in [1.54, 1.807) is 0 Å². The molecule has 4 heterocycles. The summed E-state index contributed by atoms with van der Waals surface area (Å²) in [5.41, 5.74) is 34.6. The van der Waals surface area contributed by atoms with Crippen LogP contribution in [0.4, 0.5) is 51.2 Å². The number of aromatic nitrogens is 2. The van der Waals surface area contributed by atoms with Gasteiger partial charge in [-0.3, -0.25) is 0 Å². The van der Waals surface area contributed by atoms with Crippen molar-refractivity contribution in [1.29, 1.82) is 0 Å². The number of fused-ring (bicyclic) bond motifs is 10. The lowest BCUT2D eigenvalue weighted by atomic mass is 9.33. The summed E-state index contributed by atoms with van der Waals surface area (Å²) in [4.78, 5) is 8.16. The van der Waals surface area contributed by atoms with E-state index < -0.39 is 0 Å². The minimum atomic E-state index is -0.254. The third-order valence-corrected chi connectivity index (χ3v) is 25.7. The molecule has 0 radical (unpaired) electrons. The first-order chi connectivity index (χ1) is 54.8. The lowest BCUT2D eigenvalue weighted by Crippen LogP contribution is -2.61. The number of anilines is 9. The van der Waals surface area contributed by atoms with Crippen LogP contribution >= 0.6 is 0 Å². The molecule has 12 aromatic carbocycles. The van der Waals surface area contributed by atoms with Gasteiger partial charge in [-0.2, -0.15) is 0 Å². The summed E-state index contributed by atoms with van der Waals surface area (Å²) < 4.78 is 5.13. The van der Waals surface area contributed by atoms with E-state index in [2.05, 4.69) is 462 Å². The summed E-state index contributed by atoms with van der Waals surface area (Å²) in [7, 11) is 0. The molecule has 0 bridgehead atoms. The van der Waals surface area contributed by atoms with Gasteiger partial charge in [0.25, 0.3) is 6.71 Å². The first-order valence-electron chi connectivity index (χ1n) is 43.5. The van der Waals surface area contributed by atoms with E-state index in [0.29, 0.717) is 0 Å². The second-order valence-electron chi connectivity index (χ2n) is 45.1. The van der Waals surface area contributed by atoms with Gasteiger partial charge < -0.3 is 23.8 Å². The Morgan fingerprint density at radius 1 is 0.212 bits per heavy atom. The highest BCUT2D eigenvalue weighted by Crippen LogP contribution is 2.54. The molecule has 0 saturated heterocycles. The molecule has 0 aliphatic carbocycles. The zero-order chi connectivity index (χ0) is 85.0. The Kier molecular flexibility index (Phi) is 19.1. The number of hydrogen-bond donors (Lipinski definition) is 0. The molecule has 2 aliphatic rings. The van der Waals surface area contributed by atoms with Crippen LogP contribution in [0.1, 0.15) is 263 Å². The van der Waals surface area contributed by atoms with E-state index in [1.165, 1.54) is 127 Å². The monoisotopic (exact) mass is 1550 g/mol. The summed E-state index contributed by atoms with van der Waals surface area (Å²) in [6.07, 6.45) is 0. The Bertz CT molecular complexity index is 6060. The van der Waals surface area contributed by atoms with Crippen LogP contribution in [0.15, 0.2) is 231 Å². The molecule has 14 aromatic rings. The summed E-state index contributed by atoms with van der Waals surface area (Å²) in [6, 6.07) is 92.4. The maximum Gasteiger partial charge on any atom is 0.252 e. The third kappa shape index (κ3) is 14.6. The molecule has 0 saturated carbocycles. The Morgan fingerprint density at radius 3 is 0.873 bits per heavy atom. The van der Waals surface area contributed by atoms with Crippen molar-refractivity contribution in [3.8, 4) is 22.5 Å². The van der Waals surface area contributed by atoms with Gasteiger partial charge in [-0.05, 0) is 265 Å². The lowest BCUT2D eigenvalue weighted by Gasteiger charge is -2.46. The highest BCUT2D eigenvalue weighted by atomic mass is 15.2. The van der Waals surface area contributed by atoms with Gasteiger partial charge in [0, 0.05) is 78.4 Å². The molecule has 604 valence electrons. The first-order valence-corrected chi connectivity index (χ1v) is 43.5. The molecule has 0 atom stereocenters. The molecule has 0 unspecified atom stereocenters. The molecule has 0 spiro atoms. The van der Waals surface area contributed by atoms with Gasteiger partial charge in [-0.1, -0.05) is 311 Å². The fourth-order valence-electron chi connectivity index (χ4n) is 18.1. The van der Waals surface area contributed by atoms with Crippen molar-refractivity contribution in [2.45, 2.75) is 262 Å². The van der Waals surface area contributed by atoms with Crippen LogP contribution < -0.4 is 31.1 Å². The second kappa shape index (κ2) is 27.6. The Labute approximate surface area is 707 Å². The highest BCUT2D eigenvalue weighted by Gasteiger charge is 2.46. The van der Waals surface area contributed by atoms with Crippen molar-refractivity contribution in [3.05, 3.63) is 286 Å². The topological polar surface area (TPSA) is 19.6 Å². The third-order valence-electron chi connectivity index (χ3n) is 25.7. The highest BCUT2D eigenvalue weighted by molar-refractivity contribution is 7.00. The van der Waals surface area contributed by atoms with E-state index in [-0.39, 0.29) is 60.9 Å². The lowest BCUT2D eigenvalue weighted by molar-refractivity contribution is 0.567. The van der Waals surface area contributed by atoms with E-state index >= 15 is 0 Å². The van der Waals surface area contributed by atoms with Crippen molar-refractivity contribution < 1.29 is 0 Å². The molecular formula is C112H128BN5. The maximum atomic E-state index is 2.74. The summed E-state index contributed by atoms with van der Waals surface area (Å²) in [6.45, 7) is 71.2. The summed E-state index contributed by atoms with van der Waals surface area (Å²) in [5, 5.41) is 4.99. The molecule has 6 heteroatoms. The van der Waals surface area contributed by atoms with Crippen molar-refractivity contribution in [1.82, 2.24) is 9.13 Å². The smallest absolute Gasteiger partial charge is 0.252 e. The van der Waals surface area contributed by atoms with E-state index in [9.17, 15) is 0 Å². The fraction of sp³-hybridized carbons (Fsp3) is 0.357. The minimum Gasteiger partial charge on any atom is -0.311 e. The van der Waals surface area contributed by atoms with Crippen LogP contribution in [0, 0.1) is 0 Å². The molecule has 5 nitrogen and oxygen atoms in total. The molecule has 0 amide bonds. The number of hydrogen-bond acceptors (Lipinski definition) is 3. The zero-order valence-corrected chi connectivity index (χ0v) is 76.8. The molecule has 2 aromatic heterocycles. The van der Waals surface area contributed by atoms with Gasteiger partial charge in [0.2, 0.25) is 0 Å². The van der Waals surface area contributed by atoms with Crippen LogP contribution in [-0.4, -0.2) is 15.8 Å². The zero-order valence-electron chi connectivity index (χ0n) is 76.8. The predicted molar refractivity (Wildman–Crippen MR) is 516 cm³/mol. The van der Waals surface area contributed by atoms with Crippen LogP contribution in [0.5, 0.6) is 0 Å². The van der Waals surface area contributed by atoms with Crippen molar-refractivity contribution in [2.24, 2.45) is 0 Å². The normalized spacial score (nSPS) is 14.0. The standard InChI is InChI=1S/C112H128BN5/c1-103(2,3)71-41-48-96-90(63-71)91-64-72(104(4,5)6)42-49-97(91)116(96)82-44-46-93-99(66-82)118(86-61-79(111(25,26)27)54-80(62-86)112(28,29)30)101-68-87(114(83-55-73(105(7,8)9)51-74(56-83)106(10,11)12)84-57-75(107(13,14)15)52-76(58-84)108(16,17)18)67-100-102(101)113(93)92-45-43-81(65-98(92)117(100)85-59-77(109(19,20)21)53-78(60-85)110(22,23)24)115-94-39-35-34-38-88(94)89-50-70(40-47-95(89)115)69-36-32-31-33-37-69/h31-68H,1-30H3. The minimum absolute atomic E-state index is 0.0633. The van der Waals surface area contributed by atoms with Gasteiger partial charge in [0.15, 0.2) is 0 Å². The summed E-state index contributed by atoms with van der Waals surface area (Å²) >= 11 is 0. The molecule has 2 aliphatic heterocycles. The molecular weight excluding hydrogens is 1430 g/mol. The van der Waals surface area contributed by atoms with Gasteiger partial charge in [0.1, 0.15) is 0 Å². The van der Waals surface area contributed by atoms with Gasteiger partial charge >= 0.3 is 0 Å². The number of rotatable bonds is 8. The van der Waals surface area contributed by atoms with E-state index in [1.807, 2.05) is 0 Å². The Hall–Kier alpha value is -10.3. The van der Waals surface area contributed by atoms with Gasteiger partial charge in [-0.25, -0.2) is 0 Å². The SMILES string of the molecule is CC(C)(C)c1cc(N(c2cc(C(C)(C)C)cc(C(C)(C)C)c2)c2cc3c4c(c2)N(c2cc(C(C)(C)C)cc(C(C)(C)C)c2)c2cc(-n5c6ccc(C(C)(C)C)cc6c6cc(C(C)(C)C)ccc65)ccc2B4c2ccc(-n4c5ccccc5c5cc(-c6ccccc6)ccc54)cc2N3c2cc(C(C)(C)C)cc(C(C)(C)C)c2)cc(C(C)(C)C)c1. The average Bonchev–Trinajstić information content (AvgIpc) is 0.745. The first kappa shape index (κ1) is 81.4. The van der Waals surface area contributed by atoms with E-state index in [0.717, 1.165) is 62.6 Å². The van der Waals surface area contributed by atoms with Gasteiger partial charge in [0.05, 0.1) is 27.8 Å². The second-order valence-corrected chi connectivity index (χ2v) is 45.1. The number of benzene rings is 12. The molecule has 118 heavy (non-hydrogen) atoms. The summed E-state index contributed by atoms with van der Waals surface area (Å²) in [5.74, 6) is 0. The van der Waals surface area contributed by atoms with Crippen LogP contribution in [0.3, 0.4) is 0 Å². The number of para-hydroxylation sites is 1. The van der Waals surface area contributed by atoms with Crippen molar-refractivity contribution in [3.63, 3.8) is 0 Å². The quantitative estimate of drug-likeness (QED) is 0.141. The number of nitrogens with zero attached hydrogens (tertiary/aromatic N) is 5. The van der Waals surface area contributed by atoms with Crippen LogP contribution in [-0.2, 0) is 54.1 Å². The fourth-order valence-corrected chi connectivity index (χ4v) is 18.1. The van der Waals surface area contributed by atoms with Crippen LogP contribution in [0.2, 0.25) is 0 Å². The van der Waals surface area contributed by atoms with E-state index in [4.69, 9.17) is 0 Å². The Morgan fingerprint density at radius 2 is 0.517 bits per heavy atom. The molecule has 0 fully saturated rings. The van der Waals surface area contributed by atoms with Gasteiger partial charge in [-0.15, -0.1) is 0 Å². The largest absolute Gasteiger partial charge is 0.311 e. The molecule has 16 rings (SSSR count).